The molecule has 1 aromatic carbocycles. The van der Waals surface area contributed by atoms with Gasteiger partial charge in [-0.25, -0.2) is 9.86 Å². The molecular weight excluding hydrogens is 388 g/mol. The van der Waals surface area contributed by atoms with Gasteiger partial charge in [0.1, 0.15) is 0 Å². The van der Waals surface area contributed by atoms with Crippen LogP contribution in [0.1, 0.15) is 0 Å². The molecule has 0 aromatic heterocycles. The fourth-order valence-electron chi connectivity index (χ4n) is 0.859. The van der Waals surface area contributed by atoms with Crippen LogP contribution in [0, 0.1) is 0 Å². The summed E-state index contributed by atoms with van der Waals surface area (Å²) in [6.45, 7) is 0. The molecule has 2 amide bonds. The standard InChI is InChI=1S/C9H10Cl2N2O2.CH5AsO3.H3N/c1-13(15-2)9(14)12-6-3-4-7(10)8(11)5-6;1-2(3,4)5;/h3-5H,1-2H3,(H,12,14);1H3,(H2,3,4,5);1H3. The number of nitrogens with zero attached hydrogens (tertiary/aromatic N) is 1. The first-order valence-electron chi connectivity index (χ1n) is 5.11. The fourth-order valence-corrected chi connectivity index (χ4v) is 1.16. The van der Waals surface area contributed by atoms with Crippen molar-refractivity contribution in [2.75, 3.05) is 19.5 Å². The van der Waals surface area contributed by atoms with Crippen molar-refractivity contribution in [1.82, 2.24) is 11.2 Å². The van der Waals surface area contributed by atoms with Gasteiger partial charge in [-0.05, 0) is 18.2 Å². The number of benzene rings is 1. The van der Waals surface area contributed by atoms with E-state index in [-0.39, 0.29) is 6.15 Å². The Balaban J connectivity index is 0. The summed E-state index contributed by atoms with van der Waals surface area (Å²) in [6.07, 6.45) is 0. The van der Waals surface area contributed by atoms with Gasteiger partial charge in [0, 0.05) is 12.7 Å². The molecule has 8 nitrogen and oxygen atoms in total. The smallest absolute Gasteiger partial charge is 0.344 e. The largest absolute Gasteiger partial charge is 0.344 e. The third kappa shape index (κ3) is 11.6. The van der Waals surface area contributed by atoms with Crippen LogP contribution in [0.2, 0.25) is 15.8 Å². The van der Waals surface area contributed by atoms with Gasteiger partial charge in [-0.3, -0.25) is 4.84 Å². The number of urea groups is 1. The number of nitrogens with one attached hydrogen (secondary N) is 1. The first-order chi connectivity index (χ1) is 9.04. The average Bonchev–Trinajstić information content (AvgIpc) is 2.30. The second-order valence-electron chi connectivity index (χ2n) is 3.57. The Morgan fingerprint density at radius 2 is 1.81 bits per heavy atom. The number of amides is 2. The predicted octanol–water partition coefficient (Wildman–Crippen LogP) is 2.15. The van der Waals surface area contributed by atoms with Gasteiger partial charge in [-0.1, -0.05) is 23.2 Å². The topological polar surface area (TPSA) is 134 Å². The van der Waals surface area contributed by atoms with Crippen LogP contribution in [-0.2, 0) is 8.58 Å². The summed E-state index contributed by atoms with van der Waals surface area (Å²) in [5.41, 5.74) is 1.47. The number of hydrogen-bond acceptors (Lipinski definition) is 4. The molecule has 6 N–H and O–H groups in total. The summed E-state index contributed by atoms with van der Waals surface area (Å²) in [6, 6.07) is 4.42. The first kappa shape index (κ1) is 22.5. The second kappa shape index (κ2) is 10.1. The monoisotopic (exact) mass is 405 g/mol. The van der Waals surface area contributed by atoms with E-state index in [0.29, 0.717) is 15.7 Å². The molecule has 0 bridgehead atoms. The van der Waals surface area contributed by atoms with Crippen LogP contribution in [-0.4, -0.2) is 47.6 Å². The van der Waals surface area contributed by atoms with E-state index in [2.05, 4.69) is 5.32 Å². The van der Waals surface area contributed by atoms with Gasteiger partial charge in [-0.15, -0.1) is 0 Å². The number of hydrogen-bond donors (Lipinski definition) is 4. The van der Waals surface area contributed by atoms with Crippen LogP contribution in [0.3, 0.4) is 0 Å². The molecule has 0 saturated carbocycles. The third-order valence-corrected chi connectivity index (χ3v) is 2.47. The minimum Gasteiger partial charge on any atom is -0.344 e. The summed E-state index contributed by atoms with van der Waals surface area (Å²) >= 11 is 7.38. The van der Waals surface area contributed by atoms with Crippen LogP contribution >= 0.6 is 23.2 Å². The van der Waals surface area contributed by atoms with Crippen molar-refractivity contribution >= 4 is 49.1 Å². The Labute approximate surface area is 135 Å². The van der Waals surface area contributed by atoms with E-state index < -0.39 is 20.2 Å². The second-order valence-corrected chi connectivity index (χ2v) is 7.89. The molecule has 0 radical (unpaired) electrons. The van der Waals surface area contributed by atoms with Crippen LogP contribution in [0.4, 0.5) is 10.5 Å². The van der Waals surface area contributed by atoms with E-state index in [1.54, 1.807) is 18.2 Å². The first-order valence-corrected chi connectivity index (χ1v) is 10.2. The number of anilines is 1. The summed E-state index contributed by atoms with van der Waals surface area (Å²) in [4.78, 5) is 16.1. The van der Waals surface area contributed by atoms with Gasteiger partial charge in [0.2, 0.25) is 0 Å². The van der Waals surface area contributed by atoms with Crippen molar-refractivity contribution in [3.05, 3.63) is 28.2 Å². The van der Waals surface area contributed by atoms with Gasteiger partial charge in [0.25, 0.3) is 0 Å². The molecule has 0 unspecified atom stereocenters. The van der Waals surface area contributed by atoms with Crippen LogP contribution < -0.4 is 11.5 Å². The molecule has 0 aliphatic rings. The predicted molar refractivity (Wildman–Crippen MR) is 82.0 cm³/mol. The minimum absolute atomic E-state index is 0. The Hall–Kier alpha value is -0.732. The maximum Gasteiger partial charge on any atom is -0.344 e. The van der Waals surface area contributed by atoms with E-state index in [4.69, 9.17) is 36.2 Å². The van der Waals surface area contributed by atoms with Crippen molar-refractivity contribution in [3.8, 4) is 0 Å². The summed E-state index contributed by atoms with van der Waals surface area (Å²) < 4.78 is 24.8. The van der Waals surface area contributed by atoms with Crippen LogP contribution in [0.5, 0.6) is 0 Å². The average molecular weight is 406 g/mol. The van der Waals surface area contributed by atoms with Crippen LogP contribution in [0.15, 0.2) is 18.2 Å². The van der Waals surface area contributed by atoms with Gasteiger partial charge < -0.3 is 11.5 Å². The quantitative estimate of drug-likeness (QED) is 0.439. The summed E-state index contributed by atoms with van der Waals surface area (Å²) in [5, 5.41) is 4.46. The minimum atomic E-state index is -4.12. The number of hydroxylamine groups is 2. The molecule has 1 aromatic rings. The Morgan fingerprint density at radius 3 is 2.19 bits per heavy atom. The maximum absolute atomic E-state index is 11.4. The van der Waals surface area contributed by atoms with E-state index in [0.717, 1.165) is 10.8 Å². The molecule has 21 heavy (non-hydrogen) atoms. The zero-order valence-corrected chi connectivity index (χ0v) is 15.1. The molecule has 0 heterocycles. The number of carbonyl (C=O) groups is 1. The van der Waals surface area contributed by atoms with E-state index >= 15 is 0 Å². The van der Waals surface area contributed by atoms with Gasteiger partial charge in [0.05, 0.1) is 17.2 Å². The normalized spacial score (nSPS) is 9.86. The molecule has 1 rings (SSSR count). The SMILES string of the molecule is CON(C)C(=O)Nc1ccc(Cl)c(Cl)c1.C[As](=O)(O)O.N. The Morgan fingerprint density at radius 1 is 1.33 bits per heavy atom. The summed E-state index contributed by atoms with van der Waals surface area (Å²) in [5.74, 6) is 0. The van der Waals surface area contributed by atoms with Crippen LogP contribution in [0.25, 0.3) is 0 Å². The molecule has 11 heteroatoms. The van der Waals surface area contributed by atoms with Gasteiger partial charge in [0.15, 0.2) is 0 Å². The molecule has 0 aliphatic heterocycles. The van der Waals surface area contributed by atoms with Crippen molar-refractivity contribution < 1.29 is 21.6 Å². The van der Waals surface area contributed by atoms with E-state index in [9.17, 15) is 8.53 Å². The van der Waals surface area contributed by atoms with E-state index in [1.807, 2.05) is 0 Å². The molecule has 0 aliphatic carbocycles. The molecule has 0 saturated heterocycles. The fraction of sp³-hybridized carbons (Fsp3) is 0.300. The molecule has 0 spiro atoms. The Bertz CT molecular complexity index is 503. The molecule has 0 fully saturated rings. The van der Waals surface area contributed by atoms with Crippen molar-refractivity contribution in [2.24, 2.45) is 0 Å². The van der Waals surface area contributed by atoms with Crippen molar-refractivity contribution in [1.29, 1.82) is 0 Å². The maximum atomic E-state index is 11.4. The molecule has 122 valence electrons. The Kier molecular flexibility index (Phi) is 10.8. The zero-order valence-electron chi connectivity index (χ0n) is 11.7. The third-order valence-electron chi connectivity index (χ3n) is 1.73. The summed E-state index contributed by atoms with van der Waals surface area (Å²) in [7, 11) is 2.89. The number of rotatable bonds is 2. The molecule has 0 atom stereocenters. The zero-order chi connectivity index (χ0) is 15.9. The van der Waals surface area contributed by atoms with Gasteiger partial charge >= 0.3 is 37.8 Å². The van der Waals surface area contributed by atoms with E-state index in [1.165, 1.54) is 14.2 Å². The van der Waals surface area contributed by atoms with Crippen molar-refractivity contribution in [3.63, 3.8) is 0 Å². The van der Waals surface area contributed by atoms with Crippen molar-refractivity contribution in [2.45, 2.75) is 5.71 Å². The molecular formula is C10H18AsCl2N3O5. The van der Waals surface area contributed by atoms with Gasteiger partial charge in [-0.2, -0.15) is 0 Å². The number of halogens is 2. The number of carbonyl (C=O) groups excluding carboxylic acids is 1.